The molecule has 2 heterocycles. The minimum absolute atomic E-state index is 0.196. The van der Waals surface area contributed by atoms with Gasteiger partial charge in [-0.3, -0.25) is 0 Å². The van der Waals surface area contributed by atoms with E-state index in [1.807, 2.05) is 0 Å². The summed E-state index contributed by atoms with van der Waals surface area (Å²) in [6.45, 7) is 13.4. The van der Waals surface area contributed by atoms with Gasteiger partial charge in [0.05, 0.1) is 12.3 Å². The minimum Gasteiger partial charge on any atom is -0.465 e. The summed E-state index contributed by atoms with van der Waals surface area (Å²) in [5, 5.41) is 12.6. The Morgan fingerprint density at radius 3 is 2.52 bits per heavy atom. The van der Waals surface area contributed by atoms with Crippen molar-refractivity contribution in [3.05, 3.63) is 41.0 Å². The fourth-order valence-corrected chi connectivity index (χ4v) is 5.44. The molecule has 5 heteroatoms. The highest BCUT2D eigenvalue weighted by molar-refractivity contribution is 5.83. The summed E-state index contributed by atoms with van der Waals surface area (Å²) >= 11 is 0. The fraction of sp³-hybridized carbons (Fsp3) is 0.679. The molecule has 0 unspecified atom stereocenters. The Morgan fingerprint density at radius 1 is 1.06 bits per heavy atom. The van der Waals surface area contributed by atoms with Crippen LogP contribution in [0.1, 0.15) is 89.3 Å². The summed E-state index contributed by atoms with van der Waals surface area (Å²) in [6, 6.07) is 8.35. The van der Waals surface area contributed by atoms with Gasteiger partial charge in [0.25, 0.3) is 6.02 Å². The Labute approximate surface area is 200 Å². The van der Waals surface area contributed by atoms with Gasteiger partial charge in [0.2, 0.25) is 0 Å². The Bertz CT molecular complexity index is 879. The van der Waals surface area contributed by atoms with E-state index in [1.165, 1.54) is 29.5 Å². The van der Waals surface area contributed by atoms with Crippen molar-refractivity contribution in [3.63, 3.8) is 0 Å². The Morgan fingerprint density at radius 2 is 1.79 bits per heavy atom. The van der Waals surface area contributed by atoms with Crippen LogP contribution in [0, 0.1) is 0 Å². The highest BCUT2D eigenvalue weighted by Crippen LogP contribution is 2.46. The summed E-state index contributed by atoms with van der Waals surface area (Å²) in [4.78, 5) is 7.36. The van der Waals surface area contributed by atoms with Gasteiger partial charge in [0, 0.05) is 37.7 Å². The third-order valence-corrected chi connectivity index (χ3v) is 7.83. The van der Waals surface area contributed by atoms with E-state index in [-0.39, 0.29) is 17.4 Å². The van der Waals surface area contributed by atoms with Crippen LogP contribution < -0.4 is 5.32 Å². The zero-order chi connectivity index (χ0) is 23.5. The Kier molecular flexibility index (Phi) is 7.49. The second kappa shape index (κ2) is 10.2. The number of likely N-dealkylation sites (tertiary alicyclic amines) is 1. The predicted molar refractivity (Wildman–Crippen MR) is 137 cm³/mol. The van der Waals surface area contributed by atoms with Crippen LogP contribution in [0.15, 0.2) is 29.3 Å². The van der Waals surface area contributed by atoms with E-state index in [4.69, 9.17) is 14.8 Å². The van der Waals surface area contributed by atoms with Crippen LogP contribution in [0.2, 0.25) is 0 Å². The molecule has 0 saturated carbocycles. The van der Waals surface area contributed by atoms with E-state index in [9.17, 15) is 0 Å². The topological polar surface area (TPSA) is 57.1 Å². The largest absolute Gasteiger partial charge is 0.465 e. The maximum absolute atomic E-state index is 8.95. The number of unbranched alkanes of at least 4 members (excludes halogenated alkanes) is 1. The molecule has 1 saturated heterocycles. The van der Waals surface area contributed by atoms with Gasteiger partial charge in [-0.1, -0.05) is 45.9 Å². The van der Waals surface area contributed by atoms with Crippen molar-refractivity contribution < 1.29 is 9.84 Å². The molecule has 5 nitrogen and oxygen atoms in total. The number of hydrogen-bond donors (Lipinski definition) is 2. The lowest BCUT2D eigenvalue weighted by Crippen LogP contribution is -2.45. The standard InChI is InChI=1S/C28H43N3O2/c1-27(2)13-14-28(3,4)24-20-21(9-10-23(24)27)25-8-7-19-33-26(30-25)31-16-11-22(12-17-31)29-15-5-6-18-32/h8-10,20,22,29,32H,5-7,11-19H2,1-4H3. The first kappa shape index (κ1) is 24.3. The number of ether oxygens (including phenoxy) is 1. The van der Waals surface area contributed by atoms with Gasteiger partial charge in [-0.2, -0.15) is 4.99 Å². The van der Waals surface area contributed by atoms with Gasteiger partial charge in [-0.05, 0) is 73.1 Å². The van der Waals surface area contributed by atoms with E-state index in [2.05, 4.69) is 62.2 Å². The number of piperidine rings is 1. The predicted octanol–water partition coefficient (Wildman–Crippen LogP) is 4.98. The third kappa shape index (κ3) is 5.63. The quantitative estimate of drug-likeness (QED) is 0.597. The molecule has 1 fully saturated rings. The summed E-state index contributed by atoms with van der Waals surface area (Å²) in [7, 11) is 0. The molecule has 0 spiro atoms. The van der Waals surface area contributed by atoms with E-state index in [0.29, 0.717) is 12.6 Å². The van der Waals surface area contributed by atoms with E-state index in [1.54, 1.807) is 0 Å². The average Bonchev–Trinajstić information content (AvgIpc) is 3.07. The van der Waals surface area contributed by atoms with Crippen molar-refractivity contribution in [2.45, 2.75) is 89.5 Å². The van der Waals surface area contributed by atoms with Crippen LogP contribution in [0.4, 0.5) is 0 Å². The zero-order valence-corrected chi connectivity index (χ0v) is 21.1. The van der Waals surface area contributed by atoms with Crippen LogP contribution in [-0.2, 0) is 15.6 Å². The van der Waals surface area contributed by atoms with E-state index < -0.39 is 0 Å². The summed E-state index contributed by atoms with van der Waals surface area (Å²) < 4.78 is 6.10. The number of hydrogen-bond acceptors (Lipinski definition) is 5. The SMILES string of the molecule is CC1(C)CCC(C)(C)c2cc(C3=CCCOC(N4CCC(NCCCCO)CC4)=N3)ccc21. The number of rotatable bonds is 6. The molecular formula is C28H43N3O2. The van der Waals surface area contributed by atoms with Gasteiger partial charge < -0.3 is 20.1 Å². The number of aliphatic hydroxyl groups excluding tert-OH is 1. The summed E-state index contributed by atoms with van der Waals surface area (Å²) in [6.07, 6.45) is 9.69. The number of aliphatic imine (C=N–C) groups is 1. The molecule has 182 valence electrons. The lowest BCUT2D eigenvalue weighted by molar-refractivity contribution is 0.200. The maximum atomic E-state index is 8.95. The molecule has 0 aromatic heterocycles. The van der Waals surface area contributed by atoms with Gasteiger partial charge in [-0.15, -0.1) is 0 Å². The van der Waals surface area contributed by atoms with Crippen molar-refractivity contribution in [2.75, 3.05) is 32.8 Å². The molecule has 0 radical (unpaired) electrons. The van der Waals surface area contributed by atoms with Crippen LogP contribution >= 0.6 is 0 Å². The normalized spacial score (nSPS) is 22.6. The second-order valence-corrected chi connectivity index (χ2v) is 11.3. The molecule has 0 amide bonds. The number of aliphatic hydroxyl groups is 1. The maximum Gasteiger partial charge on any atom is 0.292 e. The molecule has 0 atom stereocenters. The van der Waals surface area contributed by atoms with Gasteiger partial charge in [0.15, 0.2) is 0 Å². The Balaban J connectivity index is 1.48. The number of amidine groups is 1. The first-order valence-corrected chi connectivity index (χ1v) is 13.0. The number of nitrogens with zero attached hydrogens (tertiary/aromatic N) is 2. The molecular weight excluding hydrogens is 410 g/mol. The molecule has 0 bridgehead atoms. The van der Waals surface area contributed by atoms with Crippen molar-refractivity contribution in [1.29, 1.82) is 0 Å². The van der Waals surface area contributed by atoms with Crippen LogP contribution in [-0.4, -0.2) is 54.9 Å². The second-order valence-electron chi connectivity index (χ2n) is 11.3. The highest BCUT2D eigenvalue weighted by Gasteiger charge is 2.37. The van der Waals surface area contributed by atoms with Crippen molar-refractivity contribution in [3.8, 4) is 0 Å². The van der Waals surface area contributed by atoms with Gasteiger partial charge >= 0.3 is 0 Å². The van der Waals surface area contributed by atoms with Crippen LogP contribution in [0.3, 0.4) is 0 Å². The molecule has 1 aromatic carbocycles. The van der Waals surface area contributed by atoms with Crippen LogP contribution in [0.25, 0.3) is 5.70 Å². The fourth-order valence-electron chi connectivity index (χ4n) is 5.44. The lowest BCUT2D eigenvalue weighted by Gasteiger charge is -2.42. The molecule has 2 aliphatic heterocycles. The number of nitrogens with one attached hydrogen (secondary N) is 1. The van der Waals surface area contributed by atoms with Crippen molar-refractivity contribution >= 4 is 11.7 Å². The zero-order valence-electron chi connectivity index (χ0n) is 21.1. The van der Waals surface area contributed by atoms with E-state index in [0.717, 1.165) is 63.5 Å². The highest BCUT2D eigenvalue weighted by atomic mass is 16.5. The number of fused-ring (bicyclic) bond motifs is 1. The van der Waals surface area contributed by atoms with Gasteiger partial charge in [0.1, 0.15) is 0 Å². The lowest BCUT2D eigenvalue weighted by atomic mass is 9.63. The molecule has 2 N–H and O–H groups in total. The smallest absolute Gasteiger partial charge is 0.292 e. The average molecular weight is 454 g/mol. The van der Waals surface area contributed by atoms with E-state index >= 15 is 0 Å². The molecule has 3 aliphatic rings. The summed E-state index contributed by atoms with van der Waals surface area (Å²) in [5.41, 5.74) is 5.66. The number of benzene rings is 1. The molecule has 4 rings (SSSR count). The van der Waals surface area contributed by atoms with Gasteiger partial charge in [-0.25, -0.2) is 0 Å². The molecule has 33 heavy (non-hydrogen) atoms. The Hall–Kier alpha value is -1.85. The molecule has 1 aromatic rings. The third-order valence-electron chi connectivity index (χ3n) is 7.83. The minimum atomic E-state index is 0.196. The van der Waals surface area contributed by atoms with Crippen LogP contribution in [0.5, 0.6) is 0 Å². The monoisotopic (exact) mass is 453 g/mol. The first-order chi connectivity index (χ1) is 15.8. The first-order valence-electron chi connectivity index (χ1n) is 13.0. The molecule has 1 aliphatic carbocycles. The van der Waals surface area contributed by atoms with Crippen molar-refractivity contribution in [1.82, 2.24) is 10.2 Å². The van der Waals surface area contributed by atoms with Crippen molar-refractivity contribution in [2.24, 2.45) is 4.99 Å². The summed E-state index contributed by atoms with van der Waals surface area (Å²) in [5.74, 6) is 0.